The summed E-state index contributed by atoms with van der Waals surface area (Å²) in [5.74, 6) is -0.961. The molecule has 0 aromatic heterocycles. The van der Waals surface area contributed by atoms with Crippen LogP contribution < -0.4 is 10.6 Å². The minimum absolute atomic E-state index is 0.0227. The SMILES string of the molecule is C[C@@H](NC(=O)[C@H]1CCCC(=O)N1)c1cccc(Cl)c1F. The first-order valence-corrected chi connectivity index (χ1v) is 6.90. The van der Waals surface area contributed by atoms with E-state index in [1.807, 2.05) is 0 Å². The zero-order valence-corrected chi connectivity index (χ0v) is 11.8. The monoisotopic (exact) mass is 298 g/mol. The molecule has 0 unspecified atom stereocenters. The lowest BCUT2D eigenvalue weighted by Gasteiger charge is -2.24. The van der Waals surface area contributed by atoms with E-state index >= 15 is 0 Å². The molecule has 1 aromatic rings. The molecule has 0 bridgehead atoms. The van der Waals surface area contributed by atoms with Crippen LogP contribution in [0.5, 0.6) is 0 Å². The highest BCUT2D eigenvalue weighted by Gasteiger charge is 2.26. The molecule has 2 rings (SSSR count). The standard InChI is InChI=1S/C14H16ClFN2O2/c1-8(9-4-2-5-10(15)13(9)16)17-14(20)11-6-3-7-12(19)18-11/h2,4-5,8,11H,3,6-7H2,1H3,(H,17,20)(H,18,19)/t8-,11-/m1/s1. The predicted octanol–water partition coefficient (Wildman–Crippen LogP) is 2.33. The Labute approximate surface area is 121 Å². The van der Waals surface area contributed by atoms with E-state index in [4.69, 9.17) is 11.6 Å². The van der Waals surface area contributed by atoms with Gasteiger partial charge in [0.1, 0.15) is 11.9 Å². The highest BCUT2D eigenvalue weighted by Crippen LogP contribution is 2.23. The fourth-order valence-electron chi connectivity index (χ4n) is 2.25. The Morgan fingerprint density at radius 3 is 3.00 bits per heavy atom. The lowest BCUT2D eigenvalue weighted by Crippen LogP contribution is -2.49. The van der Waals surface area contributed by atoms with Gasteiger partial charge in [0.15, 0.2) is 0 Å². The summed E-state index contributed by atoms with van der Waals surface area (Å²) in [7, 11) is 0. The van der Waals surface area contributed by atoms with Crippen LogP contribution in [0.2, 0.25) is 5.02 Å². The largest absolute Gasteiger partial charge is 0.348 e. The van der Waals surface area contributed by atoms with Crippen LogP contribution >= 0.6 is 11.6 Å². The molecular formula is C14H16ClFN2O2. The minimum atomic E-state index is -0.541. The van der Waals surface area contributed by atoms with Crippen molar-refractivity contribution >= 4 is 23.4 Å². The molecule has 2 N–H and O–H groups in total. The van der Waals surface area contributed by atoms with Gasteiger partial charge in [0.2, 0.25) is 11.8 Å². The molecular weight excluding hydrogens is 283 g/mol. The van der Waals surface area contributed by atoms with Gasteiger partial charge in [-0.15, -0.1) is 0 Å². The summed E-state index contributed by atoms with van der Waals surface area (Å²) in [6, 6.07) is 3.61. The van der Waals surface area contributed by atoms with Crippen LogP contribution in [0, 0.1) is 5.82 Å². The summed E-state index contributed by atoms with van der Waals surface area (Å²) in [5, 5.41) is 5.35. The summed E-state index contributed by atoms with van der Waals surface area (Å²) in [6.07, 6.45) is 1.73. The number of nitrogens with one attached hydrogen (secondary N) is 2. The molecule has 20 heavy (non-hydrogen) atoms. The molecule has 0 spiro atoms. The average Bonchev–Trinajstić information content (AvgIpc) is 2.41. The Balaban J connectivity index is 2.03. The fraction of sp³-hybridized carbons (Fsp3) is 0.429. The van der Waals surface area contributed by atoms with Crippen molar-refractivity contribution < 1.29 is 14.0 Å². The van der Waals surface area contributed by atoms with Gasteiger partial charge < -0.3 is 10.6 Å². The van der Waals surface area contributed by atoms with E-state index in [2.05, 4.69) is 10.6 Å². The van der Waals surface area contributed by atoms with E-state index in [1.165, 1.54) is 6.07 Å². The van der Waals surface area contributed by atoms with Crippen LogP contribution in [0.1, 0.15) is 37.8 Å². The number of hydrogen-bond acceptors (Lipinski definition) is 2. The normalized spacial score (nSPS) is 20.1. The molecule has 0 radical (unpaired) electrons. The molecule has 1 heterocycles. The van der Waals surface area contributed by atoms with Crippen molar-refractivity contribution in [1.82, 2.24) is 10.6 Å². The van der Waals surface area contributed by atoms with E-state index < -0.39 is 17.9 Å². The fourth-order valence-corrected chi connectivity index (χ4v) is 2.43. The zero-order valence-electron chi connectivity index (χ0n) is 11.1. The summed E-state index contributed by atoms with van der Waals surface area (Å²) >= 11 is 5.72. The maximum atomic E-state index is 13.9. The third kappa shape index (κ3) is 3.28. The number of carbonyl (C=O) groups excluding carboxylic acids is 2. The lowest BCUT2D eigenvalue weighted by molar-refractivity contribution is -0.131. The maximum Gasteiger partial charge on any atom is 0.243 e. The second-order valence-electron chi connectivity index (χ2n) is 4.89. The van der Waals surface area contributed by atoms with E-state index in [1.54, 1.807) is 19.1 Å². The van der Waals surface area contributed by atoms with Gasteiger partial charge in [-0.3, -0.25) is 9.59 Å². The van der Waals surface area contributed by atoms with Gasteiger partial charge in [0.25, 0.3) is 0 Å². The molecule has 1 aromatic carbocycles. The number of piperidine rings is 1. The van der Waals surface area contributed by atoms with E-state index in [9.17, 15) is 14.0 Å². The Kier molecular flexibility index (Phi) is 4.60. The first-order valence-electron chi connectivity index (χ1n) is 6.52. The number of hydrogen-bond donors (Lipinski definition) is 2. The lowest BCUT2D eigenvalue weighted by atomic mass is 10.0. The predicted molar refractivity (Wildman–Crippen MR) is 73.7 cm³/mol. The van der Waals surface area contributed by atoms with Gasteiger partial charge in [-0.25, -0.2) is 4.39 Å². The average molecular weight is 299 g/mol. The van der Waals surface area contributed by atoms with Crippen molar-refractivity contribution in [2.75, 3.05) is 0 Å². The van der Waals surface area contributed by atoms with Crippen LogP contribution in [-0.4, -0.2) is 17.9 Å². The summed E-state index contributed by atoms with van der Waals surface area (Å²) in [6.45, 7) is 1.68. The van der Waals surface area contributed by atoms with Crippen LogP contribution in [0.3, 0.4) is 0 Å². The Morgan fingerprint density at radius 2 is 2.30 bits per heavy atom. The van der Waals surface area contributed by atoms with Crippen molar-refractivity contribution in [3.8, 4) is 0 Å². The molecule has 108 valence electrons. The molecule has 1 aliphatic rings. The smallest absolute Gasteiger partial charge is 0.243 e. The molecule has 1 aliphatic heterocycles. The van der Waals surface area contributed by atoms with Crippen molar-refractivity contribution in [3.63, 3.8) is 0 Å². The third-order valence-electron chi connectivity index (χ3n) is 3.36. The number of carbonyl (C=O) groups is 2. The van der Waals surface area contributed by atoms with Gasteiger partial charge in [-0.1, -0.05) is 23.7 Å². The third-order valence-corrected chi connectivity index (χ3v) is 3.65. The zero-order chi connectivity index (χ0) is 14.7. The number of amides is 2. The van der Waals surface area contributed by atoms with Crippen molar-refractivity contribution in [2.24, 2.45) is 0 Å². The molecule has 2 atom stereocenters. The van der Waals surface area contributed by atoms with Gasteiger partial charge in [0, 0.05) is 12.0 Å². The van der Waals surface area contributed by atoms with Crippen LogP contribution in [0.25, 0.3) is 0 Å². The molecule has 6 heteroatoms. The molecule has 2 amide bonds. The van der Waals surface area contributed by atoms with E-state index in [0.29, 0.717) is 24.8 Å². The first-order chi connectivity index (χ1) is 9.49. The number of halogens is 2. The maximum absolute atomic E-state index is 13.9. The summed E-state index contributed by atoms with van der Waals surface area (Å²) in [4.78, 5) is 23.3. The van der Waals surface area contributed by atoms with Crippen LogP contribution in [-0.2, 0) is 9.59 Å². The molecule has 0 saturated carbocycles. The molecule has 1 saturated heterocycles. The van der Waals surface area contributed by atoms with E-state index in [-0.39, 0.29) is 16.8 Å². The molecule has 1 fully saturated rings. The van der Waals surface area contributed by atoms with Gasteiger partial charge in [-0.05, 0) is 25.8 Å². The quantitative estimate of drug-likeness (QED) is 0.900. The summed E-state index contributed by atoms with van der Waals surface area (Å²) in [5.41, 5.74) is 0.327. The topological polar surface area (TPSA) is 58.2 Å². The van der Waals surface area contributed by atoms with Gasteiger partial charge in [0.05, 0.1) is 11.1 Å². The molecule has 0 aliphatic carbocycles. The second kappa shape index (κ2) is 6.22. The van der Waals surface area contributed by atoms with Crippen molar-refractivity contribution in [1.29, 1.82) is 0 Å². The van der Waals surface area contributed by atoms with Crippen LogP contribution in [0.4, 0.5) is 4.39 Å². The Hall–Kier alpha value is -1.62. The molecule has 4 nitrogen and oxygen atoms in total. The highest BCUT2D eigenvalue weighted by atomic mass is 35.5. The number of benzene rings is 1. The Bertz CT molecular complexity index is 536. The minimum Gasteiger partial charge on any atom is -0.348 e. The van der Waals surface area contributed by atoms with Crippen molar-refractivity contribution in [3.05, 3.63) is 34.6 Å². The highest BCUT2D eigenvalue weighted by molar-refractivity contribution is 6.30. The number of rotatable bonds is 3. The van der Waals surface area contributed by atoms with Gasteiger partial charge in [-0.2, -0.15) is 0 Å². The van der Waals surface area contributed by atoms with Gasteiger partial charge >= 0.3 is 0 Å². The first kappa shape index (κ1) is 14.8. The van der Waals surface area contributed by atoms with E-state index in [0.717, 1.165) is 0 Å². The Morgan fingerprint density at radius 1 is 1.55 bits per heavy atom. The van der Waals surface area contributed by atoms with Crippen molar-refractivity contribution in [2.45, 2.75) is 38.3 Å². The second-order valence-corrected chi connectivity index (χ2v) is 5.29. The van der Waals surface area contributed by atoms with Crippen LogP contribution in [0.15, 0.2) is 18.2 Å². The summed E-state index contributed by atoms with van der Waals surface area (Å²) < 4.78 is 13.9.